The number of nitrogens with zero attached hydrogens (tertiary/aromatic N) is 2. The molecule has 3 aromatic rings. The fourth-order valence-electron chi connectivity index (χ4n) is 6.22. The Balaban J connectivity index is 1.21. The van der Waals surface area contributed by atoms with Crippen LogP contribution in [0.25, 0.3) is 10.9 Å². The molecule has 2 fully saturated rings. The number of likely N-dealkylation sites (tertiary alicyclic amines) is 1. The third-order valence-electron chi connectivity index (χ3n) is 8.92. The van der Waals surface area contributed by atoms with Crippen LogP contribution in [0, 0.1) is 5.92 Å². The van der Waals surface area contributed by atoms with E-state index in [0.29, 0.717) is 19.4 Å². The molecule has 3 atom stereocenters. The molecule has 5 rings (SSSR count). The standard InChI is InChI=1S/C37H49N5O8/c1-24(29-18-38-30-16-10-9-15-28(29)30)32(40-33(43)26-14-11-17-42(19-26)36(46)50-37(2,3)4)34(44)41(5)20-31-47-22-27(23-48-31)39-35(45)49-21-25-12-7-6-8-13-25/h6-10,12-13,15-16,18,24,26-27,31-32,38H,11,14,17,19-23H2,1-5H3,(H,39,45)(H,40,43)/t24-,26?,27?,31?,32+/m0/s1. The zero-order valence-electron chi connectivity index (χ0n) is 29.5. The minimum absolute atomic E-state index is 0.104. The van der Waals surface area contributed by atoms with Gasteiger partial charge in [0.15, 0.2) is 6.29 Å². The molecule has 0 aliphatic carbocycles. The third kappa shape index (κ3) is 9.75. The zero-order valence-corrected chi connectivity index (χ0v) is 29.5. The highest BCUT2D eigenvalue weighted by molar-refractivity contribution is 5.91. The molecule has 3 heterocycles. The first kappa shape index (κ1) is 36.7. The minimum atomic E-state index is -0.916. The predicted octanol–water partition coefficient (Wildman–Crippen LogP) is 4.53. The van der Waals surface area contributed by atoms with Gasteiger partial charge in [0.05, 0.1) is 31.7 Å². The smallest absolute Gasteiger partial charge is 0.410 e. The highest BCUT2D eigenvalue weighted by atomic mass is 16.7. The van der Waals surface area contributed by atoms with Gasteiger partial charge in [-0.2, -0.15) is 0 Å². The topological polar surface area (TPSA) is 152 Å². The first-order chi connectivity index (χ1) is 23.9. The van der Waals surface area contributed by atoms with Crippen LogP contribution >= 0.6 is 0 Å². The fourth-order valence-corrected chi connectivity index (χ4v) is 6.22. The summed E-state index contributed by atoms with van der Waals surface area (Å²) >= 11 is 0. The van der Waals surface area contributed by atoms with Crippen LogP contribution in [-0.4, -0.2) is 103 Å². The molecule has 4 amide bonds. The number of carbonyl (C=O) groups is 4. The van der Waals surface area contributed by atoms with Crippen molar-refractivity contribution in [1.29, 1.82) is 0 Å². The molecule has 0 spiro atoms. The highest BCUT2D eigenvalue weighted by Crippen LogP contribution is 2.29. The van der Waals surface area contributed by atoms with Gasteiger partial charge in [0, 0.05) is 43.2 Å². The lowest BCUT2D eigenvalue weighted by atomic mass is 9.90. The van der Waals surface area contributed by atoms with Crippen LogP contribution < -0.4 is 10.6 Å². The Hall–Kier alpha value is -4.62. The van der Waals surface area contributed by atoms with Gasteiger partial charge in [-0.15, -0.1) is 0 Å². The number of piperidine rings is 1. The van der Waals surface area contributed by atoms with E-state index in [2.05, 4.69) is 15.6 Å². The van der Waals surface area contributed by atoms with Gasteiger partial charge < -0.3 is 44.4 Å². The van der Waals surface area contributed by atoms with Crippen molar-refractivity contribution >= 4 is 34.9 Å². The van der Waals surface area contributed by atoms with E-state index in [1.165, 1.54) is 4.90 Å². The molecule has 2 aliphatic rings. The average molecular weight is 692 g/mol. The molecule has 0 bridgehead atoms. The molecule has 2 saturated heterocycles. The van der Waals surface area contributed by atoms with Gasteiger partial charge in [-0.3, -0.25) is 9.59 Å². The van der Waals surface area contributed by atoms with Gasteiger partial charge in [-0.1, -0.05) is 55.5 Å². The number of aromatic amines is 1. The Bertz CT molecular complexity index is 1610. The molecule has 2 aliphatic heterocycles. The summed E-state index contributed by atoms with van der Waals surface area (Å²) in [6, 6.07) is 15.9. The molecule has 270 valence electrons. The number of benzene rings is 2. The number of rotatable bonds is 10. The van der Waals surface area contributed by atoms with Gasteiger partial charge in [-0.25, -0.2) is 9.59 Å². The second-order valence-electron chi connectivity index (χ2n) is 14.0. The van der Waals surface area contributed by atoms with Crippen molar-refractivity contribution < 1.29 is 38.1 Å². The summed E-state index contributed by atoms with van der Waals surface area (Å²) in [5.74, 6) is -1.51. The van der Waals surface area contributed by atoms with Crippen LogP contribution in [0.3, 0.4) is 0 Å². The van der Waals surface area contributed by atoms with E-state index in [-0.39, 0.29) is 44.7 Å². The quantitative estimate of drug-likeness (QED) is 0.281. The minimum Gasteiger partial charge on any atom is -0.445 e. The molecule has 50 heavy (non-hydrogen) atoms. The van der Waals surface area contributed by atoms with Gasteiger partial charge in [0.25, 0.3) is 0 Å². The van der Waals surface area contributed by atoms with Crippen molar-refractivity contribution in [2.24, 2.45) is 5.92 Å². The number of likely N-dealkylation sites (N-methyl/N-ethyl adjacent to an activating group) is 1. The molecular formula is C37H49N5O8. The van der Waals surface area contributed by atoms with E-state index >= 15 is 0 Å². The summed E-state index contributed by atoms with van der Waals surface area (Å²) in [6.45, 7) is 8.65. The normalized spacial score (nSPS) is 20.7. The lowest BCUT2D eigenvalue weighted by Crippen LogP contribution is -2.55. The SMILES string of the molecule is C[C@@H](c1c[nH]c2ccccc12)[C@@H](NC(=O)C1CCCN(C(=O)OC(C)(C)C)C1)C(=O)N(C)CC1OCC(NC(=O)OCc2ccccc2)CO1. The molecule has 0 radical (unpaired) electrons. The summed E-state index contributed by atoms with van der Waals surface area (Å²) in [5, 5.41) is 6.76. The van der Waals surface area contributed by atoms with Crippen LogP contribution in [-0.2, 0) is 35.1 Å². The van der Waals surface area contributed by atoms with Crippen molar-refractivity contribution in [1.82, 2.24) is 25.4 Å². The summed E-state index contributed by atoms with van der Waals surface area (Å²) in [6.07, 6.45) is 1.34. The number of H-pyrrole nitrogens is 1. The molecule has 0 saturated carbocycles. The monoisotopic (exact) mass is 691 g/mol. The number of alkyl carbamates (subject to hydrolysis) is 1. The number of amides is 4. The van der Waals surface area contributed by atoms with Crippen LogP contribution in [0.2, 0.25) is 0 Å². The second kappa shape index (κ2) is 16.4. The number of para-hydroxylation sites is 1. The lowest BCUT2D eigenvalue weighted by Gasteiger charge is -2.36. The Morgan fingerprint density at radius 3 is 2.46 bits per heavy atom. The van der Waals surface area contributed by atoms with E-state index in [9.17, 15) is 19.2 Å². The zero-order chi connectivity index (χ0) is 35.8. The maximum Gasteiger partial charge on any atom is 0.410 e. The van der Waals surface area contributed by atoms with Crippen molar-refractivity contribution in [2.45, 2.75) is 77.0 Å². The predicted molar refractivity (Wildman–Crippen MR) is 186 cm³/mol. The average Bonchev–Trinajstić information content (AvgIpc) is 3.54. The Kier molecular flexibility index (Phi) is 12.0. The molecular weight excluding hydrogens is 642 g/mol. The maximum absolute atomic E-state index is 14.2. The number of hydrogen-bond acceptors (Lipinski definition) is 8. The van der Waals surface area contributed by atoms with E-state index in [4.69, 9.17) is 18.9 Å². The third-order valence-corrected chi connectivity index (χ3v) is 8.92. The van der Waals surface area contributed by atoms with Crippen LogP contribution in [0.4, 0.5) is 9.59 Å². The van der Waals surface area contributed by atoms with Crippen molar-refractivity contribution in [3.8, 4) is 0 Å². The van der Waals surface area contributed by atoms with Gasteiger partial charge in [-0.05, 0) is 50.8 Å². The van der Waals surface area contributed by atoms with Gasteiger partial charge >= 0.3 is 12.2 Å². The van der Waals surface area contributed by atoms with E-state index in [0.717, 1.165) is 22.0 Å². The largest absolute Gasteiger partial charge is 0.445 e. The molecule has 13 heteroatoms. The van der Waals surface area contributed by atoms with Gasteiger partial charge in [0.2, 0.25) is 11.8 Å². The molecule has 13 nitrogen and oxygen atoms in total. The lowest BCUT2D eigenvalue weighted by molar-refractivity contribution is -0.196. The van der Waals surface area contributed by atoms with E-state index in [1.807, 2.05) is 67.7 Å². The van der Waals surface area contributed by atoms with Crippen LogP contribution in [0.1, 0.15) is 57.6 Å². The second-order valence-corrected chi connectivity index (χ2v) is 14.0. The van der Waals surface area contributed by atoms with Crippen molar-refractivity contribution in [3.63, 3.8) is 0 Å². The number of ether oxygens (including phenoxy) is 4. The molecule has 1 unspecified atom stereocenters. The maximum atomic E-state index is 14.2. The van der Waals surface area contributed by atoms with Crippen LogP contribution in [0.5, 0.6) is 0 Å². The Morgan fingerprint density at radius 2 is 1.74 bits per heavy atom. The number of hydrogen-bond donors (Lipinski definition) is 3. The molecule has 1 aromatic heterocycles. The fraction of sp³-hybridized carbons (Fsp3) is 0.514. The summed E-state index contributed by atoms with van der Waals surface area (Å²) in [4.78, 5) is 59.4. The number of fused-ring (bicyclic) bond motifs is 1. The highest BCUT2D eigenvalue weighted by Gasteiger charge is 2.37. The van der Waals surface area contributed by atoms with Crippen molar-refractivity contribution in [2.75, 3.05) is 39.9 Å². The van der Waals surface area contributed by atoms with E-state index < -0.39 is 48.0 Å². The van der Waals surface area contributed by atoms with Crippen molar-refractivity contribution in [3.05, 3.63) is 71.9 Å². The number of carbonyl (C=O) groups excluding carboxylic acids is 4. The van der Waals surface area contributed by atoms with Crippen LogP contribution in [0.15, 0.2) is 60.8 Å². The van der Waals surface area contributed by atoms with E-state index in [1.54, 1.807) is 32.7 Å². The first-order valence-electron chi connectivity index (χ1n) is 17.2. The van der Waals surface area contributed by atoms with Gasteiger partial charge in [0.1, 0.15) is 18.2 Å². The Morgan fingerprint density at radius 1 is 1.04 bits per heavy atom. The summed E-state index contributed by atoms with van der Waals surface area (Å²) < 4.78 is 22.6. The molecule has 2 aromatic carbocycles. The summed E-state index contributed by atoms with van der Waals surface area (Å²) in [7, 11) is 1.65. The number of aromatic nitrogens is 1. The Labute approximate surface area is 292 Å². The first-order valence-corrected chi connectivity index (χ1v) is 17.2. The molecule has 3 N–H and O–H groups in total. The summed E-state index contributed by atoms with van der Waals surface area (Å²) in [5.41, 5.74) is 2.05. The number of nitrogens with one attached hydrogen (secondary N) is 3.